The van der Waals surface area contributed by atoms with E-state index in [0.29, 0.717) is 85.0 Å². The van der Waals surface area contributed by atoms with Crippen molar-refractivity contribution in [1.29, 1.82) is 0 Å². The summed E-state index contributed by atoms with van der Waals surface area (Å²) in [6, 6.07) is 15.2. The summed E-state index contributed by atoms with van der Waals surface area (Å²) in [5.41, 5.74) is 2.54. The number of halogens is 2. The van der Waals surface area contributed by atoms with Gasteiger partial charge in [0.05, 0.1) is 29.9 Å². The zero-order valence-electron chi connectivity index (χ0n) is 33.9. The lowest BCUT2D eigenvalue weighted by molar-refractivity contribution is -0.158. The van der Waals surface area contributed by atoms with E-state index in [1.54, 1.807) is 7.05 Å². The summed E-state index contributed by atoms with van der Waals surface area (Å²) in [6.45, 7) is 20.4. The van der Waals surface area contributed by atoms with Crippen molar-refractivity contribution in [2.24, 2.45) is 5.41 Å². The molecule has 2 saturated heterocycles. The molecule has 1 amide bonds. The second-order valence-electron chi connectivity index (χ2n) is 17.1. The number of hydrogen-bond acceptors (Lipinski definition) is 6. The van der Waals surface area contributed by atoms with E-state index >= 15 is 4.79 Å². The monoisotopic (exact) mass is 821 g/mol. The molecule has 302 valence electrons. The van der Waals surface area contributed by atoms with Crippen LogP contribution in [0.5, 0.6) is 0 Å². The molecule has 0 bridgehead atoms. The number of sulfonamides is 1. The SMILES string of the molecule is CCC(CN(C)S(=O)(=O)C1CC1)N1C(=O)[C@](CCO[Si](C(C)C)(C(C)C)C(C)C)(CCN2CCOCC2)CC(c2cccc(Cl)c2)[C@H]1c1ccc(Cl)cc1. The van der Waals surface area contributed by atoms with Crippen molar-refractivity contribution < 1.29 is 22.4 Å². The molecule has 0 N–H and O–H groups in total. The Bertz CT molecular complexity index is 1630. The molecule has 0 spiro atoms. The van der Waals surface area contributed by atoms with Gasteiger partial charge in [-0.2, -0.15) is 0 Å². The first-order valence-electron chi connectivity index (χ1n) is 20.3. The van der Waals surface area contributed by atoms with Crippen molar-refractivity contribution >= 4 is 47.4 Å². The lowest BCUT2D eigenvalue weighted by atomic mass is 9.64. The van der Waals surface area contributed by atoms with Crippen LogP contribution in [0.25, 0.3) is 0 Å². The van der Waals surface area contributed by atoms with Gasteiger partial charge in [-0.3, -0.25) is 9.69 Å². The van der Waals surface area contributed by atoms with Crippen LogP contribution in [0.2, 0.25) is 26.7 Å². The van der Waals surface area contributed by atoms with Gasteiger partial charge in [0.25, 0.3) is 0 Å². The van der Waals surface area contributed by atoms with E-state index in [1.807, 2.05) is 42.5 Å². The van der Waals surface area contributed by atoms with E-state index in [0.717, 1.165) is 30.8 Å². The molecular formula is C42H65Cl2N3O5SSi. The van der Waals surface area contributed by atoms with Crippen LogP contribution in [0, 0.1) is 5.41 Å². The number of amides is 1. The maximum Gasteiger partial charge on any atom is 0.229 e. The Labute approximate surface area is 337 Å². The number of carbonyl (C=O) groups is 1. The minimum atomic E-state index is -3.47. The summed E-state index contributed by atoms with van der Waals surface area (Å²) in [5.74, 6) is -0.0264. The average molecular weight is 823 g/mol. The topological polar surface area (TPSA) is 79.4 Å². The number of ether oxygens (including phenoxy) is 1. The minimum absolute atomic E-state index is 0.0903. The van der Waals surface area contributed by atoms with Crippen LogP contribution >= 0.6 is 23.2 Å². The highest BCUT2D eigenvalue weighted by atomic mass is 35.5. The number of benzene rings is 2. The average Bonchev–Trinajstić information content (AvgIpc) is 4.00. The summed E-state index contributed by atoms with van der Waals surface area (Å²) < 4.78 is 41.6. The van der Waals surface area contributed by atoms with E-state index in [9.17, 15) is 8.42 Å². The number of likely N-dealkylation sites (tertiary alicyclic amines) is 1. The number of morpholine rings is 1. The second kappa shape index (κ2) is 18.4. The van der Waals surface area contributed by atoms with Crippen LogP contribution in [0.15, 0.2) is 48.5 Å². The molecule has 54 heavy (non-hydrogen) atoms. The van der Waals surface area contributed by atoms with Gasteiger partial charge in [0.2, 0.25) is 15.9 Å². The van der Waals surface area contributed by atoms with E-state index in [2.05, 4.69) is 64.3 Å². The van der Waals surface area contributed by atoms with Crippen molar-refractivity contribution in [2.45, 2.75) is 127 Å². The Morgan fingerprint density at radius 2 is 1.56 bits per heavy atom. The number of nitrogens with zero attached hydrogens (tertiary/aromatic N) is 3. The number of likely N-dealkylation sites (N-methyl/N-ethyl adjacent to an activating group) is 1. The van der Waals surface area contributed by atoms with Gasteiger partial charge in [0.1, 0.15) is 0 Å². The normalized spacial score (nSPS) is 24.0. The number of carbonyl (C=O) groups excluding carboxylic acids is 1. The fourth-order valence-electron chi connectivity index (χ4n) is 9.80. The number of rotatable bonds is 18. The Balaban J connectivity index is 1.66. The molecule has 2 aromatic rings. The highest BCUT2D eigenvalue weighted by Crippen LogP contribution is 2.54. The Hall–Kier alpha value is -1.50. The molecule has 12 heteroatoms. The molecule has 2 aromatic carbocycles. The van der Waals surface area contributed by atoms with Gasteiger partial charge in [0.15, 0.2) is 8.32 Å². The summed E-state index contributed by atoms with van der Waals surface area (Å²) >= 11 is 13.2. The Kier molecular flexibility index (Phi) is 14.9. The quantitative estimate of drug-likeness (QED) is 0.140. The van der Waals surface area contributed by atoms with Crippen molar-refractivity contribution in [3.05, 3.63) is 69.7 Å². The summed E-state index contributed by atoms with van der Waals surface area (Å²) in [4.78, 5) is 20.5. The largest absolute Gasteiger partial charge is 0.416 e. The first-order valence-corrected chi connectivity index (χ1v) is 24.7. The molecule has 2 heterocycles. The third-order valence-corrected chi connectivity index (χ3v) is 21.8. The van der Waals surface area contributed by atoms with Crippen LogP contribution in [-0.2, 0) is 24.0 Å². The molecule has 3 aliphatic rings. The molecular weight excluding hydrogens is 758 g/mol. The summed E-state index contributed by atoms with van der Waals surface area (Å²) in [7, 11) is -4.01. The van der Waals surface area contributed by atoms with E-state index in [1.165, 1.54) is 4.31 Å². The van der Waals surface area contributed by atoms with Gasteiger partial charge < -0.3 is 14.1 Å². The zero-order valence-corrected chi connectivity index (χ0v) is 37.2. The Morgan fingerprint density at radius 3 is 2.11 bits per heavy atom. The third kappa shape index (κ3) is 9.44. The van der Waals surface area contributed by atoms with Gasteiger partial charge in [-0.05, 0) is 97.1 Å². The van der Waals surface area contributed by atoms with Gasteiger partial charge >= 0.3 is 0 Å². The van der Waals surface area contributed by atoms with Crippen LogP contribution in [0.3, 0.4) is 0 Å². The molecule has 2 aliphatic heterocycles. The molecule has 8 nitrogen and oxygen atoms in total. The molecule has 2 unspecified atom stereocenters. The molecule has 5 rings (SSSR count). The zero-order chi connectivity index (χ0) is 39.4. The first kappa shape index (κ1) is 43.6. The third-order valence-electron chi connectivity index (χ3n) is 12.8. The predicted molar refractivity (Wildman–Crippen MR) is 224 cm³/mol. The van der Waals surface area contributed by atoms with Gasteiger partial charge in [-0.25, -0.2) is 12.7 Å². The van der Waals surface area contributed by atoms with Crippen molar-refractivity contribution in [3.8, 4) is 0 Å². The maximum atomic E-state index is 16.0. The molecule has 0 radical (unpaired) electrons. The van der Waals surface area contributed by atoms with Crippen LogP contribution < -0.4 is 0 Å². The van der Waals surface area contributed by atoms with Crippen molar-refractivity contribution in [3.63, 3.8) is 0 Å². The predicted octanol–water partition coefficient (Wildman–Crippen LogP) is 9.54. The highest BCUT2D eigenvalue weighted by molar-refractivity contribution is 7.90. The number of piperidine rings is 1. The van der Waals surface area contributed by atoms with Gasteiger partial charge in [0, 0.05) is 55.3 Å². The summed E-state index contributed by atoms with van der Waals surface area (Å²) in [5, 5.41) is 0.941. The standard InChI is InChI=1S/C42H65Cl2N3O5SSi/c1-9-37(29-45(8)53(49,50)38-17-18-38)47-40(33-13-15-35(43)16-14-33)39(34-11-10-12-36(44)27-34)28-42(41(47)48,19-21-46-22-25-51-26-23-46)20-24-52-54(30(2)3,31(4)5)32(6)7/h10-16,27,30-32,37-40H,9,17-26,28-29H2,1-8H3/t37?,39?,40-,42+/m1/s1. The lowest BCUT2D eigenvalue weighted by Crippen LogP contribution is -2.59. The first-order chi connectivity index (χ1) is 25.6. The molecule has 0 aromatic heterocycles. The van der Waals surface area contributed by atoms with Gasteiger partial charge in [-0.15, -0.1) is 0 Å². The molecule has 3 fully saturated rings. The van der Waals surface area contributed by atoms with E-state index in [4.69, 9.17) is 32.4 Å². The van der Waals surface area contributed by atoms with Crippen LogP contribution in [0.1, 0.15) is 110 Å². The number of hydrogen-bond donors (Lipinski definition) is 0. The molecule has 1 saturated carbocycles. The van der Waals surface area contributed by atoms with Crippen LogP contribution in [-0.4, -0.2) is 101 Å². The second-order valence-corrected chi connectivity index (χ2v) is 25.7. The van der Waals surface area contributed by atoms with Crippen LogP contribution in [0.4, 0.5) is 0 Å². The highest BCUT2D eigenvalue weighted by Gasteiger charge is 2.55. The van der Waals surface area contributed by atoms with E-state index < -0.39 is 23.8 Å². The molecule has 1 aliphatic carbocycles. The maximum absolute atomic E-state index is 16.0. The lowest BCUT2D eigenvalue weighted by Gasteiger charge is -2.54. The van der Waals surface area contributed by atoms with E-state index in [-0.39, 0.29) is 35.7 Å². The Morgan fingerprint density at radius 1 is 0.926 bits per heavy atom. The smallest absolute Gasteiger partial charge is 0.229 e. The van der Waals surface area contributed by atoms with Crippen molar-refractivity contribution in [1.82, 2.24) is 14.1 Å². The summed E-state index contributed by atoms with van der Waals surface area (Å²) in [6.07, 6.45) is 3.86. The van der Waals surface area contributed by atoms with Crippen molar-refractivity contribution in [2.75, 3.05) is 53.0 Å². The molecule has 4 atom stereocenters. The fraction of sp³-hybridized carbons (Fsp3) is 0.690. The van der Waals surface area contributed by atoms with Gasteiger partial charge in [-0.1, -0.05) is 95.9 Å². The fourth-order valence-corrected chi connectivity index (χ4v) is 17.2. The minimum Gasteiger partial charge on any atom is -0.416 e.